The van der Waals surface area contributed by atoms with Gasteiger partial charge in [0, 0.05) is 36.6 Å². The molecular formula is C16H28N2. The van der Waals surface area contributed by atoms with Gasteiger partial charge in [-0.2, -0.15) is 0 Å². The minimum atomic E-state index is 1.14. The number of piperidine rings is 1. The van der Waals surface area contributed by atoms with Crippen molar-refractivity contribution in [2.45, 2.75) is 65.2 Å². The van der Waals surface area contributed by atoms with Crippen molar-refractivity contribution >= 4 is 0 Å². The number of nitrogens with one attached hydrogen (secondary N) is 1. The second-order valence-electron chi connectivity index (χ2n) is 5.46. The van der Waals surface area contributed by atoms with Crippen LogP contribution in [0.25, 0.3) is 0 Å². The molecule has 0 aromatic carbocycles. The Morgan fingerprint density at radius 1 is 1.17 bits per heavy atom. The number of rotatable bonds is 7. The van der Waals surface area contributed by atoms with E-state index >= 15 is 0 Å². The molecule has 0 saturated carbocycles. The van der Waals surface area contributed by atoms with Crippen LogP contribution in [0.1, 0.15) is 65.2 Å². The van der Waals surface area contributed by atoms with Crippen LogP contribution in [0.5, 0.6) is 0 Å². The molecule has 0 radical (unpaired) electrons. The highest BCUT2D eigenvalue weighted by Gasteiger charge is 2.25. The Labute approximate surface area is 112 Å². The predicted molar refractivity (Wildman–Crippen MR) is 78.1 cm³/mol. The van der Waals surface area contributed by atoms with Crippen LogP contribution >= 0.6 is 0 Å². The summed E-state index contributed by atoms with van der Waals surface area (Å²) in [5, 5.41) is 3.68. The number of fused-ring (bicyclic) bond motifs is 2. The smallest absolute Gasteiger partial charge is 0.0370 e. The van der Waals surface area contributed by atoms with Crippen LogP contribution in [0.4, 0.5) is 0 Å². The first kappa shape index (κ1) is 13.5. The third kappa shape index (κ3) is 3.09. The Bertz CT molecular complexity index is 328. The minimum absolute atomic E-state index is 1.14. The molecule has 1 saturated heterocycles. The fourth-order valence-corrected chi connectivity index (χ4v) is 2.93. The molecule has 1 fully saturated rings. The maximum absolute atomic E-state index is 3.68. The molecule has 2 bridgehead atoms. The average molecular weight is 248 g/mol. The summed E-state index contributed by atoms with van der Waals surface area (Å²) in [7, 11) is 0. The van der Waals surface area contributed by atoms with Crippen molar-refractivity contribution in [2.24, 2.45) is 0 Å². The molecule has 0 amide bonds. The zero-order valence-electron chi connectivity index (χ0n) is 12.1. The van der Waals surface area contributed by atoms with Gasteiger partial charge in [0.2, 0.25) is 0 Å². The van der Waals surface area contributed by atoms with Crippen molar-refractivity contribution in [1.82, 2.24) is 10.2 Å². The lowest BCUT2D eigenvalue weighted by atomic mass is 9.95. The van der Waals surface area contributed by atoms with Crippen molar-refractivity contribution < 1.29 is 0 Å². The Hall–Kier alpha value is -0.920. The van der Waals surface area contributed by atoms with Crippen LogP contribution in [0.15, 0.2) is 23.2 Å². The van der Waals surface area contributed by atoms with Gasteiger partial charge in [0.05, 0.1) is 0 Å². The van der Waals surface area contributed by atoms with Crippen LogP contribution in [-0.2, 0) is 0 Å². The monoisotopic (exact) mass is 248 g/mol. The molecule has 2 heterocycles. The molecule has 102 valence electrons. The normalized spacial score (nSPS) is 19.0. The first-order chi connectivity index (χ1) is 8.86. The molecule has 2 aliphatic heterocycles. The van der Waals surface area contributed by atoms with Crippen LogP contribution in [0, 0.1) is 0 Å². The lowest BCUT2D eigenvalue weighted by Gasteiger charge is -2.39. The van der Waals surface area contributed by atoms with Gasteiger partial charge in [0.25, 0.3) is 0 Å². The van der Waals surface area contributed by atoms with Crippen molar-refractivity contribution in [3.05, 3.63) is 23.2 Å². The van der Waals surface area contributed by atoms with E-state index < -0.39 is 0 Å². The van der Waals surface area contributed by atoms with Crippen molar-refractivity contribution in [3.63, 3.8) is 0 Å². The SMILES string of the molecule is CCCCNC1=C2CCCC(=CC1)N2CCCC. The van der Waals surface area contributed by atoms with Gasteiger partial charge in [-0.25, -0.2) is 0 Å². The first-order valence-electron chi connectivity index (χ1n) is 7.79. The minimum Gasteiger partial charge on any atom is -0.387 e. The molecule has 0 unspecified atom stereocenters. The van der Waals surface area contributed by atoms with Gasteiger partial charge < -0.3 is 10.2 Å². The van der Waals surface area contributed by atoms with E-state index in [0.717, 1.165) is 13.0 Å². The van der Waals surface area contributed by atoms with Gasteiger partial charge in [0.1, 0.15) is 0 Å². The zero-order chi connectivity index (χ0) is 12.8. The van der Waals surface area contributed by atoms with Crippen LogP contribution in [-0.4, -0.2) is 18.0 Å². The summed E-state index contributed by atoms with van der Waals surface area (Å²) in [6, 6.07) is 0. The third-order valence-electron chi connectivity index (χ3n) is 4.01. The van der Waals surface area contributed by atoms with E-state index in [1.807, 2.05) is 0 Å². The highest BCUT2D eigenvalue weighted by Crippen LogP contribution is 2.35. The summed E-state index contributed by atoms with van der Waals surface area (Å²) >= 11 is 0. The molecule has 1 N–H and O–H groups in total. The summed E-state index contributed by atoms with van der Waals surface area (Å²) in [6.45, 7) is 6.90. The molecular weight excluding hydrogens is 220 g/mol. The van der Waals surface area contributed by atoms with E-state index in [9.17, 15) is 0 Å². The molecule has 0 aromatic rings. The fourth-order valence-electron chi connectivity index (χ4n) is 2.93. The maximum atomic E-state index is 3.68. The van der Waals surface area contributed by atoms with E-state index in [-0.39, 0.29) is 0 Å². The Kier molecular flexibility index (Phi) is 5.15. The Morgan fingerprint density at radius 2 is 2.00 bits per heavy atom. The third-order valence-corrected chi connectivity index (χ3v) is 4.01. The molecule has 2 rings (SSSR count). The fraction of sp³-hybridized carbons (Fsp3) is 0.750. The molecule has 0 aromatic heterocycles. The van der Waals surface area contributed by atoms with E-state index in [4.69, 9.17) is 0 Å². The average Bonchev–Trinajstić information content (AvgIpc) is 2.39. The quantitative estimate of drug-likeness (QED) is 0.681. The van der Waals surface area contributed by atoms with E-state index in [1.165, 1.54) is 57.2 Å². The Morgan fingerprint density at radius 3 is 2.78 bits per heavy atom. The van der Waals surface area contributed by atoms with Gasteiger partial charge >= 0.3 is 0 Å². The van der Waals surface area contributed by atoms with E-state index in [1.54, 1.807) is 11.4 Å². The second kappa shape index (κ2) is 6.86. The van der Waals surface area contributed by atoms with Crippen molar-refractivity contribution in [3.8, 4) is 0 Å². The Balaban J connectivity index is 2.02. The molecule has 2 nitrogen and oxygen atoms in total. The first-order valence-corrected chi connectivity index (χ1v) is 7.79. The van der Waals surface area contributed by atoms with Crippen LogP contribution < -0.4 is 5.32 Å². The van der Waals surface area contributed by atoms with Crippen LogP contribution in [0.3, 0.4) is 0 Å². The van der Waals surface area contributed by atoms with Gasteiger partial charge in [0.15, 0.2) is 0 Å². The van der Waals surface area contributed by atoms with E-state index in [2.05, 4.69) is 30.1 Å². The summed E-state index contributed by atoms with van der Waals surface area (Å²) in [5.74, 6) is 0. The summed E-state index contributed by atoms with van der Waals surface area (Å²) in [5.41, 5.74) is 4.69. The van der Waals surface area contributed by atoms with Crippen molar-refractivity contribution in [1.29, 1.82) is 0 Å². The molecule has 18 heavy (non-hydrogen) atoms. The summed E-state index contributed by atoms with van der Waals surface area (Å²) < 4.78 is 0. The number of hydrogen-bond acceptors (Lipinski definition) is 2. The molecule has 2 heteroatoms. The lowest BCUT2D eigenvalue weighted by molar-refractivity contribution is 0.333. The lowest BCUT2D eigenvalue weighted by Crippen LogP contribution is -2.34. The number of allylic oxidation sites excluding steroid dienone is 3. The standard InChI is InChI=1S/C16H28N2/c1-3-5-12-17-15-11-10-14-8-7-9-16(15)18(14)13-6-4-2/h10,17H,3-9,11-13H2,1-2H3. The number of unbranched alkanes of at least 4 members (excludes halogenated alkanes) is 2. The second-order valence-corrected chi connectivity index (χ2v) is 5.46. The summed E-state index contributed by atoms with van der Waals surface area (Å²) in [6.07, 6.45) is 12.6. The van der Waals surface area contributed by atoms with E-state index in [0.29, 0.717) is 0 Å². The summed E-state index contributed by atoms with van der Waals surface area (Å²) in [4.78, 5) is 2.60. The molecule has 2 aliphatic rings. The van der Waals surface area contributed by atoms with Gasteiger partial charge in [-0.05, 0) is 32.1 Å². The predicted octanol–water partition coefficient (Wildman–Crippen LogP) is 4.16. The topological polar surface area (TPSA) is 15.3 Å². The number of hydrogen-bond donors (Lipinski definition) is 1. The highest BCUT2D eigenvalue weighted by molar-refractivity contribution is 5.29. The van der Waals surface area contributed by atoms with Gasteiger partial charge in [-0.3, -0.25) is 0 Å². The van der Waals surface area contributed by atoms with Gasteiger partial charge in [-0.15, -0.1) is 0 Å². The molecule has 0 spiro atoms. The van der Waals surface area contributed by atoms with Crippen molar-refractivity contribution in [2.75, 3.05) is 13.1 Å². The maximum Gasteiger partial charge on any atom is 0.0370 e. The van der Waals surface area contributed by atoms with Crippen LogP contribution in [0.2, 0.25) is 0 Å². The zero-order valence-corrected chi connectivity index (χ0v) is 12.1. The number of nitrogens with zero attached hydrogens (tertiary/aromatic N) is 1. The molecule has 0 aliphatic carbocycles. The largest absolute Gasteiger partial charge is 0.387 e. The molecule has 0 atom stereocenters. The van der Waals surface area contributed by atoms with Gasteiger partial charge in [-0.1, -0.05) is 32.8 Å². The highest BCUT2D eigenvalue weighted by atomic mass is 15.2.